The molecule has 2 aromatic rings. The van der Waals surface area contributed by atoms with Crippen molar-refractivity contribution in [1.82, 2.24) is 10.2 Å². The standard InChI is InChI=1S/C19H25N3O4/c1-11-16(20-19(23)12-7-5-6-8-12)17(22-21-11)13-9-14(24-2)18(26-4)15(10-13)25-3/h9-10,12H,5-8H2,1-4H3,(H,20,23)(H,21,22). The average Bonchev–Trinajstić information content (AvgIpc) is 3.31. The fourth-order valence-electron chi connectivity index (χ4n) is 3.42. The fraction of sp³-hybridized carbons (Fsp3) is 0.474. The largest absolute Gasteiger partial charge is 0.493 e. The number of aromatic nitrogens is 2. The van der Waals surface area contributed by atoms with Gasteiger partial charge in [-0.25, -0.2) is 0 Å². The highest BCUT2D eigenvalue weighted by Crippen LogP contribution is 2.42. The van der Waals surface area contributed by atoms with Gasteiger partial charge in [-0.05, 0) is 31.9 Å². The lowest BCUT2D eigenvalue weighted by Crippen LogP contribution is -2.20. The number of ether oxygens (including phenoxy) is 3. The number of amides is 1. The van der Waals surface area contributed by atoms with Gasteiger partial charge in [0.1, 0.15) is 5.69 Å². The molecule has 3 rings (SSSR count). The molecule has 1 saturated carbocycles. The van der Waals surface area contributed by atoms with Crippen molar-refractivity contribution in [3.63, 3.8) is 0 Å². The van der Waals surface area contributed by atoms with Crippen LogP contribution in [0.25, 0.3) is 11.3 Å². The van der Waals surface area contributed by atoms with Gasteiger partial charge in [0.25, 0.3) is 0 Å². The number of rotatable bonds is 6. The van der Waals surface area contributed by atoms with Crippen molar-refractivity contribution >= 4 is 11.6 Å². The lowest BCUT2D eigenvalue weighted by molar-refractivity contribution is -0.119. The van der Waals surface area contributed by atoms with Crippen molar-refractivity contribution in [2.24, 2.45) is 5.92 Å². The minimum absolute atomic E-state index is 0.0562. The highest BCUT2D eigenvalue weighted by atomic mass is 16.5. The van der Waals surface area contributed by atoms with Crippen LogP contribution in [0, 0.1) is 12.8 Å². The van der Waals surface area contributed by atoms with E-state index in [0.29, 0.717) is 28.6 Å². The smallest absolute Gasteiger partial charge is 0.227 e. The summed E-state index contributed by atoms with van der Waals surface area (Å²) in [6, 6.07) is 3.64. The van der Waals surface area contributed by atoms with Crippen molar-refractivity contribution in [2.75, 3.05) is 26.6 Å². The normalized spacial score (nSPS) is 14.3. The number of hydrogen-bond acceptors (Lipinski definition) is 5. The second-order valence-electron chi connectivity index (χ2n) is 6.46. The molecule has 0 spiro atoms. The topological polar surface area (TPSA) is 85.5 Å². The first-order valence-corrected chi connectivity index (χ1v) is 8.75. The molecule has 1 amide bonds. The molecule has 26 heavy (non-hydrogen) atoms. The maximum Gasteiger partial charge on any atom is 0.227 e. The molecule has 1 heterocycles. The molecule has 0 aliphatic heterocycles. The molecular formula is C19H25N3O4. The van der Waals surface area contributed by atoms with Crippen molar-refractivity contribution in [3.8, 4) is 28.5 Å². The number of benzene rings is 1. The molecule has 0 radical (unpaired) electrons. The maximum atomic E-state index is 12.6. The zero-order valence-corrected chi connectivity index (χ0v) is 15.6. The van der Waals surface area contributed by atoms with E-state index < -0.39 is 0 Å². The third kappa shape index (κ3) is 3.34. The van der Waals surface area contributed by atoms with Gasteiger partial charge in [-0.15, -0.1) is 0 Å². The van der Waals surface area contributed by atoms with E-state index in [9.17, 15) is 4.79 Å². The summed E-state index contributed by atoms with van der Waals surface area (Å²) >= 11 is 0. The third-order valence-corrected chi connectivity index (χ3v) is 4.86. The Labute approximate surface area is 153 Å². The zero-order chi connectivity index (χ0) is 18.7. The molecule has 1 aliphatic rings. The summed E-state index contributed by atoms with van der Waals surface area (Å²) in [7, 11) is 4.70. The molecule has 0 bridgehead atoms. The minimum atomic E-state index is 0.0562. The quantitative estimate of drug-likeness (QED) is 0.824. The number of H-pyrrole nitrogens is 1. The molecule has 1 aromatic heterocycles. The molecule has 0 atom stereocenters. The Bertz CT molecular complexity index is 769. The van der Waals surface area contributed by atoms with Gasteiger partial charge in [-0.2, -0.15) is 5.10 Å². The summed E-state index contributed by atoms with van der Waals surface area (Å²) in [6.07, 6.45) is 4.12. The van der Waals surface area contributed by atoms with Crippen molar-refractivity contribution in [3.05, 3.63) is 17.8 Å². The number of aryl methyl sites for hydroxylation is 1. The van der Waals surface area contributed by atoms with Crippen LogP contribution in [0.5, 0.6) is 17.2 Å². The molecule has 1 aliphatic carbocycles. The molecular weight excluding hydrogens is 334 g/mol. The molecule has 1 aromatic carbocycles. The van der Waals surface area contributed by atoms with Crippen LogP contribution in [0.3, 0.4) is 0 Å². The van der Waals surface area contributed by atoms with E-state index in [2.05, 4.69) is 15.5 Å². The van der Waals surface area contributed by atoms with Gasteiger partial charge >= 0.3 is 0 Å². The molecule has 7 heteroatoms. The number of anilines is 1. The second kappa shape index (κ2) is 7.68. The Hall–Kier alpha value is -2.70. The number of aromatic amines is 1. The van der Waals surface area contributed by atoms with Crippen LogP contribution in [0.4, 0.5) is 5.69 Å². The molecule has 0 saturated heterocycles. The molecule has 7 nitrogen and oxygen atoms in total. The van der Waals surface area contributed by atoms with Crippen LogP contribution in [0.2, 0.25) is 0 Å². The number of nitrogens with one attached hydrogen (secondary N) is 2. The van der Waals surface area contributed by atoms with Crippen LogP contribution in [0.1, 0.15) is 31.4 Å². The first-order chi connectivity index (χ1) is 12.6. The summed E-state index contributed by atoms with van der Waals surface area (Å²) in [6.45, 7) is 1.89. The minimum Gasteiger partial charge on any atom is -0.493 e. The zero-order valence-electron chi connectivity index (χ0n) is 15.6. The predicted molar refractivity (Wildman–Crippen MR) is 99.0 cm³/mol. The van der Waals surface area contributed by atoms with Gasteiger partial charge in [0.15, 0.2) is 11.5 Å². The maximum absolute atomic E-state index is 12.6. The van der Waals surface area contributed by atoms with Gasteiger partial charge < -0.3 is 19.5 Å². The number of carbonyl (C=O) groups excluding carboxylic acids is 1. The van der Waals surface area contributed by atoms with Gasteiger partial charge in [0.05, 0.1) is 32.7 Å². The van der Waals surface area contributed by atoms with Gasteiger partial charge in [-0.1, -0.05) is 12.8 Å². The lowest BCUT2D eigenvalue weighted by Gasteiger charge is -2.15. The van der Waals surface area contributed by atoms with E-state index >= 15 is 0 Å². The van der Waals surface area contributed by atoms with E-state index in [4.69, 9.17) is 14.2 Å². The van der Waals surface area contributed by atoms with E-state index in [1.54, 1.807) is 21.3 Å². The average molecular weight is 359 g/mol. The summed E-state index contributed by atoms with van der Waals surface area (Å²) < 4.78 is 16.2. The summed E-state index contributed by atoms with van der Waals surface area (Å²) in [5.74, 6) is 1.73. The Morgan fingerprint density at radius 3 is 2.27 bits per heavy atom. The van der Waals surface area contributed by atoms with Gasteiger partial charge in [-0.3, -0.25) is 9.89 Å². The monoisotopic (exact) mass is 359 g/mol. The van der Waals surface area contributed by atoms with Crippen LogP contribution in [-0.4, -0.2) is 37.4 Å². The Balaban J connectivity index is 1.98. The summed E-state index contributed by atoms with van der Waals surface area (Å²) in [5.41, 5.74) is 2.91. The fourth-order valence-corrected chi connectivity index (χ4v) is 3.42. The highest BCUT2D eigenvalue weighted by molar-refractivity contribution is 5.97. The molecule has 140 valence electrons. The molecule has 1 fully saturated rings. The molecule has 2 N–H and O–H groups in total. The number of methoxy groups -OCH3 is 3. The Kier molecular flexibility index (Phi) is 5.35. The number of nitrogens with zero attached hydrogens (tertiary/aromatic N) is 1. The van der Waals surface area contributed by atoms with Crippen molar-refractivity contribution < 1.29 is 19.0 Å². The lowest BCUT2D eigenvalue weighted by atomic mass is 10.1. The number of hydrogen-bond donors (Lipinski definition) is 2. The predicted octanol–water partition coefficient (Wildman–Crippen LogP) is 3.54. The van der Waals surface area contributed by atoms with Crippen LogP contribution in [0.15, 0.2) is 12.1 Å². The van der Waals surface area contributed by atoms with E-state index in [1.165, 1.54) is 0 Å². The first-order valence-electron chi connectivity index (χ1n) is 8.75. The van der Waals surface area contributed by atoms with Crippen molar-refractivity contribution in [1.29, 1.82) is 0 Å². The summed E-state index contributed by atoms with van der Waals surface area (Å²) in [5, 5.41) is 10.4. The molecule has 0 unspecified atom stereocenters. The Morgan fingerprint density at radius 1 is 1.12 bits per heavy atom. The van der Waals surface area contributed by atoms with Crippen LogP contribution >= 0.6 is 0 Å². The first kappa shape index (κ1) is 18.1. The third-order valence-electron chi connectivity index (χ3n) is 4.86. The van der Waals surface area contributed by atoms with Crippen LogP contribution < -0.4 is 19.5 Å². The highest BCUT2D eigenvalue weighted by Gasteiger charge is 2.25. The van der Waals surface area contributed by atoms with E-state index in [0.717, 1.165) is 36.9 Å². The summed E-state index contributed by atoms with van der Waals surface area (Å²) in [4.78, 5) is 12.6. The van der Waals surface area contributed by atoms with E-state index in [-0.39, 0.29) is 11.8 Å². The van der Waals surface area contributed by atoms with Crippen LogP contribution in [-0.2, 0) is 4.79 Å². The van der Waals surface area contributed by atoms with Gasteiger partial charge in [0.2, 0.25) is 11.7 Å². The second-order valence-corrected chi connectivity index (χ2v) is 6.46. The number of carbonyl (C=O) groups is 1. The van der Waals surface area contributed by atoms with Gasteiger partial charge in [0, 0.05) is 11.5 Å². The Morgan fingerprint density at radius 2 is 1.73 bits per heavy atom. The SMILES string of the molecule is COc1cc(-c2n[nH]c(C)c2NC(=O)C2CCCC2)cc(OC)c1OC. The van der Waals surface area contributed by atoms with E-state index in [1.807, 2.05) is 19.1 Å². The van der Waals surface area contributed by atoms with Crippen molar-refractivity contribution in [2.45, 2.75) is 32.6 Å².